The molecule has 1 saturated heterocycles. The Bertz CT molecular complexity index is 1150. The fraction of sp³-hybridized carbons (Fsp3) is 0.391. The van der Waals surface area contributed by atoms with Crippen LogP contribution in [0, 0.1) is 0 Å². The molecule has 0 bridgehead atoms. The highest BCUT2D eigenvalue weighted by Gasteiger charge is 2.27. The molecule has 1 amide bonds. The topological polar surface area (TPSA) is 120 Å². The summed E-state index contributed by atoms with van der Waals surface area (Å²) in [6.45, 7) is 2.06. The predicted octanol–water partition coefficient (Wildman–Crippen LogP) is 0.994. The SMILES string of the molecule is O=C(COC(=O)c1cccc(S(=O)(=O)N2CCOCC2)c1)NCCc1ccc2c(c1)OCCO2. The number of morpholine rings is 1. The number of nitrogens with one attached hydrogen (secondary N) is 1. The van der Waals surface area contributed by atoms with Gasteiger partial charge in [0.1, 0.15) is 13.2 Å². The van der Waals surface area contributed by atoms with E-state index in [1.807, 2.05) is 18.2 Å². The van der Waals surface area contributed by atoms with E-state index >= 15 is 0 Å². The Balaban J connectivity index is 1.25. The van der Waals surface area contributed by atoms with Gasteiger partial charge in [-0.15, -0.1) is 0 Å². The van der Waals surface area contributed by atoms with E-state index < -0.39 is 28.5 Å². The Kier molecular flexibility index (Phi) is 7.66. The van der Waals surface area contributed by atoms with Crippen molar-refractivity contribution in [2.24, 2.45) is 0 Å². The van der Waals surface area contributed by atoms with Crippen molar-refractivity contribution < 1.29 is 37.0 Å². The second-order valence-corrected chi connectivity index (χ2v) is 9.64. The summed E-state index contributed by atoms with van der Waals surface area (Å²) in [6, 6.07) is 11.2. The molecule has 1 N–H and O–H groups in total. The molecule has 2 aliphatic heterocycles. The van der Waals surface area contributed by atoms with Gasteiger partial charge in [-0.2, -0.15) is 4.31 Å². The maximum absolute atomic E-state index is 12.8. The molecule has 0 atom stereocenters. The van der Waals surface area contributed by atoms with Gasteiger partial charge in [-0.1, -0.05) is 12.1 Å². The van der Waals surface area contributed by atoms with Crippen molar-refractivity contribution in [3.05, 3.63) is 53.6 Å². The van der Waals surface area contributed by atoms with Gasteiger partial charge in [-0.25, -0.2) is 13.2 Å². The van der Waals surface area contributed by atoms with E-state index in [4.69, 9.17) is 18.9 Å². The normalized spacial score (nSPS) is 16.0. The first-order chi connectivity index (χ1) is 16.4. The fourth-order valence-electron chi connectivity index (χ4n) is 3.57. The number of carbonyl (C=O) groups is 2. The second kappa shape index (κ2) is 10.9. The van der Waals surface area contributed by atoms with Crippen LogP contribution in [0.3, 0.4) is 0 Å². The van der Waals surface area contributed by atoms with Gasteiger partial charge in [-0.05, 0) is 42.3 Å². The Morgan fingerprint density at radius 1 is 0.971 bits per heavy atom. The van der Waals surface area contributed by atoms with Crippen molar-refractivity contribution in [2.75, 3.05) is 52.7 Å². The number of esters is 1. The number of hydrogen-bond acceptors (Lipinski definition) is 8. The molecule has 0 radical (unpaired) electrons. The molecule has 2 aromatic carbocycles. The van der Waals surface area contributed by atoms with Crippen LogP contribution in [0.15, 0.2) is 47.4 Å². The molecule has 34 heavy (non-hydrogen) atoms. The van der Waals surface area contributed by atoms with Crippen LogP contribution in [-0.4, -0.2) is 77.3 Å². The van der Waals surface area contributed by atoms with Gasteiger partial charge < -0.3 is 24.3 Å². The number of sulfonamides is 1. The number of carbonyl (C=O) groups excluding carboxylic acids is 2. The summed E-state index contributed by atoms with van der Waals surface area (Å²) >= 11 is 0. The van der Waals surface area contributed by atoms with E-state index in [1.165, 1.54) is 28.6 Å². The van der Waals surface area contributed by atoms with Gasteiger partial charge in [0.2, 0.25) is 10.0 Å². The largest absolute Gasteiger partial charge is 0.486 e. The van der Waals surface area contributed by atoms with Crippen LogP contribution in [0.2, 0.25) is 0 Å². The lowest BCUT2D eigenvalue weighted by Crippen LogP contribution is -2.40. The second-order valence-electron chi connectivity index (χ2n) is 7.70. The Hall–Kier alpha value is -3.15. The van der Waals surface area contributed by atoms with Crippen molar-refractivity contribution in [1.82, 2.24) is 9.62 Å². The van der Waals surface area contributed by atoms with Crippen LogP contribution in [0.5, 0.6) is 11.5 Å². The molecule has 2 aliphatic rings. The van der Waals surface area contributed by atoms with Crippen molar-refractivity contribution >= 4 is 21.9 Å². The minimum atomic E-state index is -3.74. The molecular weight excluding hydrogens is 464 g/mol. The number of ether oxygens (including phenoxy) is 4. The van der Waals surface area contributed by atoms with Gasteiger partial charge in [0.05, 0.1) is 23.7 Å². The quantitative estimate of drug-likeness (QED) is 0.544. The van der Waals surface area contributed by atoms with Gasteiger partial charge in [-0.3, -0.25) is 4.79 Å². The van der Waals surface area contributed by atoms with Crippen LogP contribution in [0.1, 0.15) is 15.9 Å². The number of amides is 1. The maximum Gasteiger partial charge on any atom is 0.338 e. The molecule has 10 nitrogen and oxygen atoms in total. The molecule has 0 spiro atoms. The zero-order valence-electron chi connectivity index (χ0n) is 18.5. The first kappa shape index (κ1) is 24.0. The smallest absolute Gasteiger partial charge is 0.338 e. The first-order valence-corrected chi connectivity index (χ1v) is 12.4. The highest BCUT2D eigenvalue weighted by molar-refractivity contribution is 7.89. The maximum atomic E-state index is 12.8. The number of nitrogens with zero attached hydrogens (tertiary/aromatic N) is 1. The standard InChI is InChI=1S/C23H26N2O8S/c26-22(24-7-6-17-4-5-20-21(14-17)32-13-12-31-20)16-33-23(27)18-2-1-3-19(15-18)34(28,29)25-8-10-30-11-9-25/h1-5,14-15H,6-13,16H2,(H,24,26). The van der Waals surface area contributed by atoms with E-state index in [2.05, 4.69) is 5.32 Å². The number of hydrogen-bond donors (Lipinski definition) is 1. The molecule has 0 aliphatic carbocycles. The third-order valence-corrected chi connectivity index (χ3v) is 7.25. The zero-order valence-corrected chi connectivity index (χ0v) is 19.3. The van der Waals surface area contributed by atoms with E-state index in [1.54, 1.807) is 0 Å². The van der Waals surface area contributed by atoms with Crippen LogP contribution >= 0.6 is 0 Å². The van der Waals surface area contributed by atoms with Crippen molar-refractivity contribution in [3.8, 4) is 11.5 Å². The lowest BCUT2D eigenvalue weighted by Gasteiger charge is -2.26. The Morgan fingerprint density at radius 2 is 1.74 bits per heavy atom. The lowest BCUT2D eigenvalue weighted by atomic mass is 10.1. The summed E-state index contributed by atoms with van der Waals surface area (Å²) in [7, 11) is -3.74. The van der Waals surface area contributed by atoms with Gasteiger partial charge >= 0.3 is 5.97 Å². The van der Waals surface area contributed by atoms with E-state index in [0.29, 0.717) is 50.9 Å². The average Bonchev–Trinajstić information content (AvgIpc) is 2.88. The molecule has 2 aromatic rings. The molecule has 0 aromatic heterocycles. The predicted molar refractivity (Wildman–Crippen MR) is 120 cm³/mol. The van der Waals surface area contributed by atoms with Crippen LogP contribution < -0.4 is 14.8 Å². The fourth-order valence-corrected chi connectivity index (χ4v) is 5.03. The highest BCUT2D eigenvalue weighted by Crippen LogP contribution is 2.30. The summed E-state index contributed by atoms with van der Waals surface area (Å²) < 4.78 is 48.2. The van der Waals surface area contributed by atoms with Crippen molar-refractivity contribution in [2.45, 2.75) is 11.3 Å². The Morgan fingerprint density at radius 3 is 2.53 bits per heavy atom. The number of fused-ring (bicyclic) bond motifs is 1. The summed E-state index contributed by atoms with van der Waals surface area (Å²) in [5.74, 6) is 0.152. The first-order valence-electron chi connectivity index (χ1n) is 10.9. The van der Waals surface area contributed by atoms with Gasteiger partial charge in [0.25, 0.3) is 5.91 Å². The number of benzene rings is 2. The van der Waals surface area contributed by atoms with Crippen LogP contribution in [0.4, 0.5) is 0 Å². The molecule has 4 rings (SSSR count). The molecule has 182 valence electrons. The van der Waals surface area contributed by atoms with Gasteiger partial charge in [0.15, 0.2) is 18.1 Å². The minimum Gasteiger partial charge on any atom is -0.486 e. The van der Waals surface area contributed by atoms with E-state index in [0.717, 1.165) is 5.56 Å². The van der Waals surface area contributed by atoms with Crippen LogP contribution in [0.25, 0.3) is 0 Å². The third-order valence-electron chi connectivity index (χ3n) is 5.35. The summed E-state index contributed by atoms with van der Waals surface area (Å²) in [4.78, 5) is 24.5. The monoisotopic (exact) mass is 490 g/mol. The molecule has 2 heterocycles. The van der Waals surface area contributed by atoms with Crippen molar-refractivity contribution in [3.63, 3.8) is 0 Å². The highest BCUT2D eigenvalue weighted by atomic mass is 32.2. The average molecular weight is 491 g/mol. The summed E-state index contributed by atoms with van der Waals surface area (Å²) in [5.41, 5.74) is 1.03. The molecular formula is C23H26N2O8S. The van der Waals surface area contributed by atoms with E-state index in [-0.39, 0.29) is 23.5 Å². The minimum absolute atomic E-state index is 0.00673. The molecule has 1 fully saturated rings. The molecule has 11 heteroatoms. The van der Waals surface area contributed by atoms with Crippen molar-refractivity contribution in [1.29, 1.82) is 0 Å². The molecule has 0 unspecified atom stereocenters. The van der Waals surface area contributed by atoms with E-state index in [9.17, 15) is 18.0 Å². The van der Waals surface area contributed by atoms with Crippen LogP contribution in [-0.2, 0) is 30.7 Å². The zero-order chi connectivity index (χ0) is 24.0. The summed E-state index contributed by atoms with van der Waals surface area (Å²) in [6.07, 6.45) is 0.567. The molecule has 0 saturated carbocycles. The third kappa shape index (κ3) is 5.85. The number of rotatable bonds is 8. The lowest BCUT2D eigenvalue weighted by molar-refractivity contribution is -0.124. The summed E-state index contributed by atoms with van der Waals surface area (Å²) in [5, 5.41) is 2.69. The Labute approximate surface area is 197 Å². The van der Waals surface area contributed by atoms with Gasteiger partial charge in [0, 0.05) is 19.6 Å².